The zero-order valence-corrected chi connectivity index (χ0v) is 18.7. The molecule has 0 fully saturated rings. The SMILES string of the molecule is CCC(COC(=O)CCCN=C=O)(COC(=O)CCCN=C=O)COC(=O)CCCN=C=O. The van der Waals surface area contributed by atoms with Gasteiger partial charge in [0.15, 0.2) is 0 Å². The van der Waals surface area contributed by atoms with Crippen molar-refractivity contribution in [1.82, 2.24) is 0 Å². The molecule has 0 atom stereocenters. The van der Waals surface area contributed by atoms with E-state index in [0.29, 0.717) is 25.7 Å². The second-order valence-electron chi connectivity index (χ2n) is 7.07. The molecule has 0 N–H and O–H groups in total. The second-order valence-corrected chi connectivity index (χ2v) is 7.07. The Morgan fingerprint density at radius 1 is 0.636 bits per heavy atom. The predicted octanol–water partition coefficient (Wildman–Crippen LogP) is 1.36. The Balaban J connectivity index is 4.92. The maximum Gasteiger partial charge on any atom is 0.305 e. The standard InChI is InChI=1S/C21H29N3O9/c1-2-21(12-31-18(28)6-3-9-22-15-25,13-32-19(29)7-4-10-23-16-26)14-33-20(30)8-5-11-24-17-27/h2-14H2,1H3. The lowest BCUT2D eigenvalue weighted by Crippen LogP contribution is -2.39. The van der Waals surface area contributed by atoms with E-state index >= 15 is 0 Å². The molecule has 0 aromatic heterocycles. The minimum atomic E-state index is -0.968. The van der Waals surface area contributed by atoms with E-state index in [1.54, 1.807) is 6.92 Å². The van der Waals surface area contributed by atoms with Gasteiger partial charge in [-0.3, -0.25) is 14.4 Å². The third-order valence-corrected chi connectivity index (χ3v) is 4.51. The zero-order valence-electron chi connectivity index (χ0n) is 18.7. The van der Waals surface area contributed by atoms with Gasteiger partial charge in [-0.05, 0) is 25.7 Å². The number of rotatable bonds is 19. The summed E-state index contributed by atoms with van der Waals surface area (Å²) in [4.78, 5) is 76.2. The van der Waals surface area contributed by atoms with Gasteiger partial charge in [0.2, 0.25) is 18.2 Å². The van der Waals surface area contributed by atoms with Crippen molar-refractivity contribution >= 4 is 36.1 Å². The summed E-state index contributed by atoms with van der Waals surface area (Å²) in [6.45, 7) is 1.73. The van der Waals surface area contributed by atoms with Gasteiger partial charge < -0.3 is 14.2 Å². The molecule has 0 rings (SSSR count). The summed E-state index contributed by atoms with van der Waals surface area (Å²) in [6, 6.07) is 0. The largest absolute Gasteiger partial charge is 0.465 e. The molecule has 0 bridgehead atoms. The molecule has 0 saturated carbocycles. The summed E-state index contributed by atoms with van der Waals surface area (Å²) in [5.74, 6) is -1.61. The lowest BCUT2D eigenvalue weighted by atomic mass is 9.88. The van der Waals surface area contributed by atoms with Crippen LogP contribution in [0.4, 0.5) is 0 Å². The summed E-state index contributed by atoms with van der Waals surface area (Å²) in [5.41, 5.74) is -0.968. The molecular formula is C21H29N3O9. The van der Waals surface area contributed by atoms with Crippen molar-refractivity contribution in [3.05, 3.63) is 0 Å². The molecule has 0 amide bonds. The molecule has 182 valence electrons. The van der Waals surface area contributed by atoms with Gasteiger partial charge in [0.05, 0.1) is 25.0 Å². The van der Waals surface area contributed by atoms with Crippen molar-refractivity contribution in [3.63, 3.8) is 0 Å². The third kappa shape index (κ3) is 15.9. The number of aliphatic imine (C=N–C) groups is 3. The third-order valence-electron chi connectivity index (χ3n) is 4.51. The molecule has 0 spiro atoms. The van der Waals surface area contributed by atoms with Crippen LogP contribution in [0.15, 0.2) is 15.0 Å². The molecule has 0 saturated heterocycles. The molecule has 0 unspecified atom stereocenters. The van der Waals surface area contributed by atoms with Crippen molar-refractivity contribution in [3.8, 4) is 0 Å². The highest BCUT2D eigenvalue weighted by Crippen LogP contribution is 2.25. The Labute approximate surface area is 191 Å². The fourth-order valence-corrected chi connectivity index (χ4v) is 2.39. The molecule has 12 nitrogen and oxygen atoms in total. The number of hydrogen-bond acceptors (Lipinski definition) is 12. The molecule has 0 aliphatic heterocycles. The summed E-state index contributed by atoms with van der Waals surface area (Å²) in [6.07, 6.45) is 5.51. The first-order valence-corrected chi connectivity index (χ1v) is 10.5. The number of esters is 3. The van der Waals surface area contributed by atoms with Crippen LogP contribution in [0.1, 0.15) is 51.9 Å². The predicted molar refractivity (Wildman–Crippen MR) is 112 cm³/mol. The summed E-state index contributed by atoms with van der Waals surface area (Å²) in [7, 11) is 0. The van der Waals surface area contributed by atoms with Crippen molar-refractivity contribution in [2.75, 3.05) is 39.5 Å². The van der Waals surface area contributed by atoms with E-state index in [0.717, 1.165) is 0 Å². The molecule has 0 heterocycles. The average Bonchev–Trinajstić information content (AvgIpc) is 2.82. The van der Waals surface area contributed by atoms with Crippen LogP contribution in [0.3, 0.4) is 0 Å². The molecule has 0 aliphatic carbocycles. The molecule has 0 aromatic rings. The Morgan fingerprint density at radius 3 is 1.18 bits per heavy atom. The van der Waals surface area contributed by atoms with E-state index in [2.05, 4.69) is 15.0 Å². The highest BCUT2D eigenvalue weighted by molar-refractivity contribution is 5.70. The summed E-state index contributed by atoms with van der Waals surface area (Å²) < 4.78 is 15.9. The number of nitrogens with zero attached hydrogens (tertiary/aromatic N) is 3. The van der Waals surface area contributed by atoms with Crippen LogP contribution in [0.25, 0.3) is 0 Å². The molecule has 0 aromatic carbocycles. The maximum atomic E-state index is 12.0. The van der Waals surface area contributed by atoms with Gasteiger partial charge in [0, 0.05) is 19.3 Å². The van der Waals surface area contributed by atoms with Crippen molar-refractivity contribution in [1.29, 1.82) is 0 Å². The first kappa shape index (κ1) is 29.5. The summed E-state index contributed by atoms with van der Waals surface area (Å²) >= 11 is 0. The quantitative estimate of drug-likeness (QED) is 0.0895. The van der Waals surface area contributed by atoms with Crippen LogP contribution in [0, 0.1) is 5.41 Å². The lowest BCUT2D eigenvalue weighted by Gasteiger charge is -2.31. The van der Waals surface area contributed by atoms with Crippen LogP contribution in [0.2, 0.25) is 0 Å². The number of carbonyl (C=O) groups is 3. The first-order chi connectivity index (χ1) is 15.9. The van der Waals surface area contributed by atoms with Crippen molar-refractivity contribution in [2.24, 2.45) is 20.4 Å². The second kappa shape index (κ2) is 19.3. The van der Waals surface area contributed by atoms with Gasteiger partial charge in [0.25, 0.3) is 0 Å². The van der Waals surface area contributed by atoms with Crippen LogP contribution in [-0.4, -0.2) is 75.6 Å². The summed E-state index contributed by atoms with van der Waals surface area (Å²) in [5, 5.41) is 0. The number of isocyanates is 3. The van der Waals surface area contributed by atoms with E-state index in [4.69, 9.17) is 14.2 Å². The Kier molecular flexibility index (Phi) is 17.2. The van der Waals surface area contributed by atoms with Crippen molar-refractivity contribution < 1.29 is 43.0 Å². The molecule has 0 radical (unpaired) electrons. The van der Waals surface area contributed by atoms with Gasteiger partial charge >= 0.3 is 17.9 Å². The van der Waals surface area contributed by atoms with Gasteiger partial charge in [-0.15, -0.1) is 0 Å². The van der Waals surface area contributed by atoms with E-state index in [-0.39, 0.29) is 58.7 Å². The molecule has 0 aliphatic rings. The fourth-order valence-electron chi connectivity index (χ4n) is 2.39. The Morgan fingerprint density at radius 2 is 0.939 bits per heavy atom. The van der Waals surface area contributed by atoms with Gasteiger partial charge in [0.1, 0.15) is 19.8 Å². The lowest BCUT2D eigenvalue weighted by molar-refractivity contribution is -0.162. The van der Waals surface area contributed by atoms with Gasteiger partial charge in [-0.1, -0.05) is 6.92 Å². The Bertz CT molecular complexity index is 667. The Hall–Kier alpha value is -3.45. The van der Waals surface area contributed by atoms with E-state index in [1.165, 1.54) is 18.2 Å². The van der Waals surface area contributed by atoms with Crippen LogP contribution in [-0.2, 0) is 43.0 Å². The molecule has 33 heavy (non-hydrogen) atoms. The van der Waals surface area contributed by atoms with Crippen LogP contribution < -0.4 is 0 Å². The van der Waals surface area contributed by atoms with E-state index in [9.17, 15) is 28.8 Å². The smallest absolute Gasteiger partial charge is 0.305 e. The minimum Gasteiger partial charge on any atom is -0.465 e. The number of hydrogen-bond donors (Lipinski definition) is 0. The normalized spacial score (nSPS) is 11.5. The number of ether oxygens (including phenoxy) is 3. The van der Waals surface area contributed by atoms with Crippen LogP contribution in [0.5, 0.6) is 0 Å². The topological polar surface area (TPSA) is 167 Å². The number of carbonyl (C=O) groups excluding carboxylic acids is 6. The maximum absolute atomic E-state index is 12.0. The first-order valence-electron chi connectivity index (χ1n) is 10.5. The average molecular weight is 467 g/mol. The highest BCUT2D eigenvalue weighted by Gasteiger charge is 2.34. The fraction of sp³-hybridized carbons (Fsp3) is 0.714. The minimum absolute atomic E-state index is 0.0268. The van der Waals surface area contributed by atoms with E-state index < -0.39 is 23.3 Å². The highest BCUT2D eigenvalue weighted by atomic mass is 16.6. The van der Waals surface area contributed by atoms with Gasteiger partial charge in [-0.25, -0.2) is 29.4 Å². The van der Waals surface area contributed by atoms with Crippen LogP contribution >= 0.6 is 0 Å². The zero-order chi connectivity index (χ0) is 24.8. The van der Waals surface area contributed by atoms with E-state index in [1.807, 2.05) is 0 Å². The molecule has 12 heteroatoms. The van der Waals surface area contributed by atoms with Crippen molar-refractivity contribution in [2.45, 2.75) is 51.9 Å². The molecular weight excluding hydrogens is 438 g/mol. The van der Waals surface area contributed by atoms with Gasteiger partial charge in [-0.2, -0.15) is 0 Å². The monoisotopic (exact) mass is 467 g/mol.